The summed E-state index contributed by atoms with van der Waals surface area (Å²) in [6.07, 6.45) is 0.258. The molecular weight excluding hydrogens is 428 g/mol. The van der Waals surface area contributed by atoms with Crippen LogP contribution in [0.5, 0.6) is 0 Å². The molecule has 0 radical (unpaired) electrons. The second kappa shape index (κ2) is 8.95. The van der Waals surface area contributed by atoms with Crippen LogP contribution in [-0.2, 0) is 21.2 Å². The maximum Gasteiger partial charge on any atom is 0.257 e. The topological polar surface area (TPSA) is 105 Å². The van der Waals surface area contributed by atoms with Gasteiger partial charge < -0.3 is 9.84 Å². The molecule has 1 aromatic heterocycles. The van der Waals surface area contributed by atoms with E-state index in [-0.39, 0.29) is 29.5 Å². The zero-order valence-corrected chi connectivity index (χ0v) is 18.3. The minimum Gasteiger partial charge on any atom is -0.334 e. The van der Waals surface area contributed by atoms with E-state index in [2.05, 4.69) is 15.5 Å². The van der Waals surface area contributed by atoms with Crippen LogP contribution in [0.15, 0.2) is 51.9 Å². The summed E-state index contributed by atoms with van der Waals surface area (Å²) in [5.41, 5.74) is 1.73. The minimum atomic E-state index is -3.84. The molecule has 0 bridgehead atoms. The fraction of sp³-hybridized carbons (Fsp3) is 0.250. The number of aryl methyl sites for hydroxylation is 1. The predicted octanol–water partition coefficient (Wildman–Crippen LogP) is 3.52. The summed E-state index contributed by atoms with van der Waals surface area (Å²) in [6, 6.07) is 11.8. The summed E-state index contributed by atoms with van der Waals surface area (Å²) in [4.78, 5) is 15.8. The second-order valence-corrected chi connectivity index (χ2v) is 9.23. The van der Waals surface area contributed by atoms with Gasteiger partial charge in [0.15, 0.2) is 5.82 Å². The van der Waals surface area contributed by atoms with Crippen molar-refractivity contribution in [2.75, 3.05) is 18.9 Å². The number of nitrogens with one attached hydrogen (secondary N) is 1. The van der Waals surface area contributed by atoms with Crippen LogP contribution in [0.1, 0.15) is 18.3 Å². The van der Waals surface area contributed by atoms with E-state index in [9.17, 15) is 13.2 Å². The van der Waals surface area contributed by atoms with Gasteiger partial charge in [-0.2, -0.15) is 4.98 Å². The molecule has 158 valence electrons. The molecule has 1 amide bonds. The van der Waals surface area contributed by atoms with Crippen molar-refractivity contribution in [3.05, 3.63) is 58.9 Å². The quantitative estimate of drug-likeness (QED) is 0.592. The SMILES string of the molecule is CC(=O)Nc1ccc(C)cc1S(=O)(=O)N(C)CCc1noc(-c2ccc(Cl)cc2)n1. The van der Waals surface area contributed by atoms with Crippen molar-refractivity contribution in [2.45, 2.75) is 25.2 Å². The van der Waals surface area contributed by atoms with Crippen LogP contribution in [0.4, 0.5) is 5.69 Å². The molecule has 0 aliphatic carbocycles. The molecule has 0 saturated carbocycles. The standard InChI is InChI=1S/C20H21ClN4O4S/c1-13-4-9-17(22-14(2)26)18(12-13)30(27,28)25(3)11-10-19-23-20(29-24-19)15-5-7-16(21)8-6-15/h4-9,12H,10-11H2,1-3H3,(H,22,26). The van der Waals surface area contributed by atoms with E-state index >= 15 is 0 Å². The van der Waals surface area contributed by atoms with Crippen molar-refractivity contribution in [2.24, 2.45) is 0 Å². The zero-order valence-electron chi connectivity index (χ0n) is 16.7. The number of carbonyl (C=O) groups is 1. The Morgan fingerprint density at radius 3 is 2.57 bits per heavy atom. The Morgan fingerprint density at radius 2 is 1.90 bits per heavy atom. The van der Waals surface area contributed by atoms with E-state index in [1.165, 1.54) is 24.3 Å². The van der Waals surface area contributed by atoms with E-state index in [4.69, 9.17) is 16.1 Å². The average molecular weight is 449 g/mol. The van der Waals surface area contributed by atoms with Gasteiger partial charge in [0.25, 0.3) is 5.89 Å². The first-order valence-corrected chi connectivity index (χ1v) is 10.9. The first-order chi connectivity index (χ1) is 14.2. The highest BCUT2D eigenvalue weighted by molar-refractivity contribution is 7.89. The molecule has 30 heavy (non-hydrogen) atoms. The van der Waals surface area contributed by atoms with Gasteiger partial charge in [-0.1, -0.05) is 22.8 Å². The average Bonchev–Trinajstić information content (AvgIpc) is 3.16. The van der Waals surface area contributed by atoms with Crippen molar-refractivity contribution in [3.8, 4) is 11.5 Å². The molecule has 0 aliphatic rings. The van der Waals surface area contributed by atoms with E-state index in [0.717, 1.165) is 11.1 Å². The number of sulfonamides is 1. The number of aromatic nitrogens is 2. The maximum atomic E-state index is 13.1. The number of hydrogen-bond acceptors (Lipinski definition) is 6. The molecule has 3 aromatic rings. The highest BCUT2D eigenvalue weighted by Gasteiger charge is 2.25. The third-order valence-corrected chi connectivity index (χ3v) is 6.49. The maximum absolute atomic E-state index is 13.1. The first-order valence-electron chi connectivity index (χ1n) is 9.10. The van der Waals surface area contributed by atoms with Crippen LogP contribution in [0.3, 0.4) is 0 Å². The molecule has 2 aromatic carbocycles. The predicted molar refractivity (Wildman–Crippen MR) is 114 cm³/mol. The number of rotatable bonds is 7. The van der Waals surface area contributed by atoms with Gasteiger partial charge >= 0.3 is 0 Å². The fourth-order valence-corrected chi connectivity index (χ4v) is 4.27. The zero-order chi connectivity index (χ0) is 21.9. The van der Waals surface area contributed by atoms with Crippen LogP contribution in [0.2, 0.25) is 5.02 Å². The van der Waals surface area contributed by atoms with Crippen LogP contribution in [0, 0.1) is 6.92 Å². The molecule has 8 nitrogen and oxygen atoms in total. The number of benzene rings is 2. The molecule has 0 aliphatic heterocycles. The highest BCUT2D eigenvalue weighted by Crippen LogP contribution is 2.26. The second-order valence-electron chi connectivity index (χ2n) is 6.78. The van der Waals surface area contributed by atoms with Gasteiger partial charge in [0.1, 0.15) is 4.90 Å². The summed E-state index contributed by atoms with van der Waals surface area (Å²) in [5.74, 6) is 0.367. The van der Waals surface area contributed by atoms with Gasteiger partial charge in [-0.15, -0.1) is 0 Å². The van der Waals surface area contributed by atoms with Crippen molar-refractivity contribution in [1.29, 1.82) is 0 Å². The Hall–Kier alpha value is -2.75. The van der Waals surface area contributed by atoms with Gasteiger partial charge in [-0.05, 0) is 48.9 Å². The molecule has 0 spiro atoms. The molecule has 0 fully saturated rings. The van der Waals surface area contributed by atoms with Crippen molar-refractivity contribution < 1.29 is 17.7 Å². The Labute approximate surface area is 179 Å². The van der Waals surface area contributed by atoms with Gasteiger partial charge in [0.2, 0.25) is 15.9 Å². The van der Waals surface area contributed by atoms with Crippen molar-refractivity contribution in [1.82, 2.24) is 14.4 Å². The molecule has 3 rings (SSSR count). The summed E-state index contributed by atoms with van der Waals surface area (Å²) in [6.45, 7) is 3.25. The molecule has 0 saturated heterocycles. The van der Waals surface area contributed by atoms with E-state index in [1.807, 2.05) is 0 Å². The lowest BCUT2D eigenvalue weighted by Gasteiger charge is -2.19. The number of amides is 1. The van der Waals surface area contributed by atoms with Crippen LogP contribution < -0.4 is 5.32 Å². The summed E-state index contributed by atoms with van der Waals surface area (Å²) in [7, 11) is -2.37. The van der Waals surface area contributed by atoms with E-state index in [1.54, 1.807) is 43.3 Å². The molecule has 0 unspecified atom stereocenters. The van der Waals surface area contributed by atoms with Gasteiger partial charge in [-0.3, -0.25) is 4.79 Å². The van der Waals surface area contributed by atoms with Gasteiger partial charge in [0.05, 0.1) is 5.69 Å². The van der Waals surface area contributed by atoms with Crippen molar-refractivity contribution >= 4 is 33.2 Å². The summed E-state index contributed by atoms with van der Waals surface area (Å²) < 4.78 is 32.6. The number of anilines is 1. The Balaban J connectivity index is 1.75. The molecule has 1 N–H and O–H groups in total. The minimum absolute atomic E-state index is 0.0372. The van der Waals surface area contributed by atoms with Crippen LogP contribution >= 0.6 is 11.6 Å². The Bertz CT molecular complexity index is 1160. The third kappa shape index (κ3) is 5.05. The Morgan fingerprint density at radius 1 is 1.20 bits per heavy atom. The number of likely N-dealkylation sites (N-methyl/N-ethyl adjacent to an activating group) is 1. The number of hydrogen-bond donors (Lipinski definition) is 1. The number of carbonyl (C=O) groups excluding carboxylic acids is 1. The summed E-state index contributed by atoms with van der Waals surface area (Å²) >= 11 is 5.88. The highest BCUT2D eigenvalue weighted by atomic mass is 35.5. The molecule has 10 heteroatoms. The third-order valence-electron chi connectivity index (χ3n) is 4.35. The fourth-order valence-electron chi connectivity index (χ4n) is 2.75. The lowest BCUT2D eigenvalue weighted by molar-refractivity contribution is -0.114. The van der Waals surface area contributed by atoms with E-state index < -0.39 is 10.0 Å². The smallest absolute Gasteiger partial charge is 0.257 e. The van der Waals surface area contributed by atoms with Crippen molar-refractivity contribution in [3.63, 3.8) is 0 Å². The normalized spacial score (nSPS) is 11.6. The van der Waals surface area contributed by atoms with Crippen LogP contribution in [-0.4, -0.2) is 42.4 Å². The lowest BCUT2D eigenvalue weighted by Crippen LogP contribution is -2.30. The van der Waals surface area contributed by atoms with E-state index in [0.29, 0.717) is 16.7 Å². The lowest BCUT2D eigenvalue weighted by atomic mass is 10.2. The number of nitrogens with zero attached hydrogens (tertiary/aromatic N) is 3. The Kier molecular flexibility index (Phi) is 6.55. The molecule has 1 heterocycles. The monoisotopic (exact) mass is 448 g/mol. The summed E-state index contributed by atoms with van der Waals surface area (Å²) in [5, 5.41) is 7.08. The van der Waals surface area contributed by atoms with Gasteiger partial charge in [0, 0.05) is 37.5 Å². The van der Waals surface area contributed by atoms with Gasteiger partial charge in [-0.25, -0.2) is 12.7 Å². The molecule has 0 atom stereocenters. The van der Waals surface area contributed by atoms with Crippen LogP contribution in [0.25, 0.3) is 11.5 Å². The first kappa shape index (κ1) is 21.9. The largest absolute Gasteiger partial charge is 0.334 e. The number of halogens is 1. The molecular formula is C20H21ClN4O4S.